The molecule has 0 saturated heterocycles. The fourth-order valence-corrected chi connectivity index (χ4v) is 8.08. The van der Waals surface area contributed by atoms with E-state index in [2.05, 4.69) is 143 Å². The molecule has 2 aliphatic rings. The van der Waals surface area contributed by atoms with Crippen molar-refractivity contribution in [2.45, 2.75) is 133 Å². The summed E-state index contributed by atoms with van der Waals surface area (Å²) in [5.74, 6) is 0. The van der Waals surface area contributed by atoms with Gasteiger partial charge in [-0.05, 0) is 144 Å². The quantitative estimate of drug-likeness (QED) is 0.223. The van der Waals surface area contributed by atoms with E-state index in [0.29, 0.717) is 0 Å². The van der Waals surface area contributed by atoms with Gasteiger partial charge in [0.05, 0.1) is 22.8 Å². The van der Waals surface area contributed by atoms with Crippen LogP contribution in [0, 0.1) is 13.8 Å². The Labute approximate surface area is 300 Å². The molecule has 262 valence electrons. The third-order valence-corrected chi connectivity index (χ3v) is 11.3. The molecule has 5 heterocycles. The van der Waals surface area contributed by atoms with Gasteiger partial charge in [0.2, 0.25) is 0 Å². The summed E-state index contributed by atoms with van der Waals surface area (Å²) in [5.41, 5.74) is 24.1. The normalized spacial score (nSPS) is 14.0. The van der Waals surface area contributed by atoms with Crippen LogP contribution in [0.1, 0.15) is 152 Å². The number of aryl methyl sites for hydroxylation is 4. The lowest BCUT2D eigenvalue weighted by atomic mass is 9.78. The van der Waals surface area contributed by atoms with E-state index in [1.54, 1.807) is 0 Å². The topological polar surface area (TPSA) is 57.4 Å². The second kappa shape index (κ2) is 12.9. The number of fused-ring (bicyclic) bond motifs is 8. The van der Waals surface area contributed by atoms with Gasteiger partial charge in [0.15, 0.2) is 0 Å². The monoisotopic (exact) mass is 666 g/mol. The van der Waals surface area contributed by atoms with Gasteiger partial charge in [0.1, 0.15) is 0 Å². The van der Waals surface area contributed by atoms with Crippen LogP contribution in [0.5, 0.6) is 0 Å². The molecule has 0 aliphatic carbocycles. The molecule has 6 rings (SSSR count). The van der Waals surface area contributed by atoms with Gasteiger partial charge in [-0.1, -0.05) is 87.4 Å². The van der Waals surface area contributed by atoms with E-state index in [4.69, 9.17) is 9.97 Å². The summed E-state index contributed by atoms with van der Waals surface area (Å²) in [7, 11) is 0. The lowest BCUT2D eigenvalue weighted by molar-refractivity contribution is 0.569. The van der Waals surface area contributed by atoms with Gasteiger partial charge in [0, 0.05) is 27.6 Å². The van der Waals surface area contributed by atoms with Crippen LogP contribution in [0.15, 0.2) is 36.4 Å². The molecule has 0 radical (unpaired) electrons. The van der Waals surface area contributed by atoms with E-state index in [0.717, 1.165) is 76.1 Å². The van der Waals surface area contributed by atoms with Crippen molar-refractivity contribution in [3.63, 3.8) is 0 Å². The number of benzene rings is 1. The maximum absolute atomic E-state index is 5.59. The van der Waals surface area contributed by atoms with Crippen LogP contribution in [0.25, 0.3) is 55.5 Å². The highest BCUT2D eigenvalue weighted by atomic mass is 14.8. The lowest BCUT2D eigenvalue weighted by Gasteiger charge is -2.26. The highest BCUT2D eigenvalue weighted by Gasteiger charge is 2.28. The van der Waals surface area contributed by atoms with Gasteiger partial charge in [-0.3, -0.25) is 0 Å². The lowest BCUT2D eigenvalue weighted by Crippen LogP contribution is -2.16. The van der Waals surface area contributed by atoms with Crippen LogP contribution in [-0.4, -0.2) is 19.9 Å². The van der Waals surface area contributed by atoms with Gasteiger partial charge < -0.3 is 9.97 Å². The fourth-order valence-electron chi connectivity index (χ4n) is 8.08. The molecule has 1 aromatic carbocycles. The molecule has 0 unspecified atom stereocenters. The smallest absolute Gasteiger partial charge is 0.0769 e. The van der Waals surface area contributed by atoms with Crippen molar-refractivity contribution < 1.29 is 0 Å². The second-order valence-electron chi connectivity index (χ2n) is 16.5. The summed E-state index contributed by atoms with van der Waals surface area (Å²) in [6.07, 6.45) is 3.71. The Morgan fingerprint density at radius 1 is 0.500 bits per heavy atom. The van der Waals surface area contributed by atoms with Crippen molar-refractivity contribution in [3.05, 3.63) is 92.6 Å². The largest absolute Gasteiger partial charge is 0.355 e. The van der Waals surface area contributed by atoms with Crippen molar-refractivity contribution >= 4 is 44.4 Å². The van der Waals surface area contributed by atoms with Crippen LogP contribution < -0.4 is 0 Å². The Hall–Kier alpha value is -4.18. The third kappa shape index (κ3) is 5.99. The summed E-state index contributed by atoms with van der Waals surface area (Å²) in [6, 6.07) is 14.2. The fraction of sp³-hybridized carbons (Fsp3) is 0.435. The molecular weight excluding hydrogens is 609 g/mol. The van der Waals surface area contributed by atoms with Crippen LogP contribution in [-0.2, 0) is 23.7 Å². The standard InChI is InChI=1S/C46H58N4/c1-15-32-25(5)36-22-37-26(6)33(16-2)39(48-37)24-41-35(18-4)28(8)44(50-41)42(43-27(7)34(17-3)40(49-43)23-38(32)47-36)29-19-30(45(9,10)11)21-31(20-29)46(12,13)14/h19-24,47-48H,15-18H2,1-14H3. The number of H-pyrrole nitrogens is 2. The Morgan fingerprint density at radius 2 is 0.900 bits per heavy atom. The molecule has 0 atom stereocenters. The Bertz CT molecular complexity index is 2100. The van der Waals surface area contributed by atoms with E-state index < -0.39 is 0 Å². The molecular formula is C46H58N4. The summed E-state index contributed by atoms with van der Waals surface area (Å²) in [4.78, 5) is 18.9. The molecule has 3 aromatic heterocycles. The SMILES string of the molecule is CCC1=C(C)c2nc1cc1[nH]c(cc3[nH]c(cc4nc(c2-c2cc(C(C)(C)C)cc(C(C)(C)C)c2)C(C)=C4CC)c(CC)c3C)c(C)c1CC. The van der Waals surface area contributed by atoms with E-state index in [1.807, 2.05) is 0 Å². The number of aromatic amines is 2. The van der Waals surface area contributed by atoms with Crippen molar-refractivity contribution in [2.75, 3.05) is 0 Å². The van der Waals surface area contributed by atoms with Gasteiger partial charge in [0.25, 0.3) is 0 Å². The minimum atomic E-state index is -0.0185. The second-order valence-corrected chi connectivity index (χ2v) is 16.5. The molecule has 4 aromatic rings. The maximum Gasteiger partial charge on any atom is 0.0769 e. The van der Waals surface area contributed by atoms with Gasteiger partial charge in [-0.2, -0.15) is 0 Å². The molecule has 0 fully saturated rings. The first-order chi connectivity index (χ1) is 23.5. The number of rotatable bonds is 5. The highest BCUT2D eigenvalue weighted by Crippen LogP contribution is 2.45. The van der Waals surface area contributed by atoms with Crippen molar-refractivity contribution in [2.24, 2.45) is 0 Å². The van der Waals surface area contributed by atoms with Crippen molar-refractivity contribution in [3.8, 4) is 11.1 Å². The molecule has 8 bridgehead atoms. The minimum absolute atomic E-state index is 0.0185. The van der Waals surface area contributed by atoms with Gasteiger partial charge in [-0.15, -0.1) is 0 Å². The number of nitrogens with zero attached hydrogens (tertiary/aromatic N) is 2. The molecule has 2 N–H and O–H groups in total. The average Bonchev–Trinajstić information content (AvgIpc) is 3.72. The number of allylic oxidation sites excluding steroid dienone is 4. The summed E-state index contributed by atoms with van der Waals surface area (Å²) < 4.78 is 0. The van der Waals surface area contributed by atoms with Crippen molar-refractivity contribution in [1.29, 1.82) is 0 Å². The first-order valence-corrected chi connectivity index (χ1v) is 18.9. The zero-order chi connectivity index (χ0) is 36.4. The van der Waals surface area contributed by atoms with Crippen LogP contribution in [0.2, 0.25) is 0 Å². The summed E-state index contributed by atoms with van der Waals surface area (Å²) in [6.45, 7) is 32.0. The summed E-state index contributed by atoms with van der Waals surface area (Å²) in [5, 5.41) is 0. The molecule has 4 heteroatoms. The van der Waals surface area contributed by atoms with Crippen LogP contribution >= 0.6 is 0 Å². The molecule has 2 aliphatic heterocycles. The number of nitrogens with one attached hydrogen (secondary N) is 2. The third-order valence-electron chi connectivity index (χ3n) is 11.3. The molecule has 50 heavy (non-hydrogen) atoms. The van der Waals surface area contributed by atoms with E-state index in [9.17, 15) is 0 Å². The molecule has 4 nitrogen and oxygen atoms in total. The number of hydrogen-bond acceptors (Lipinski definition) is 2. The van der Waals surface area contributed by atoms with Crippen LogP contribution in [0.3, 0.4) is 0 Å². The predicted molar refractivity (Wildman–Crippen MR) is 218 cm³/mol. The number of aromatic nitrogens is 4. The Balaban J connectivity index is 1.91. The van der Waals surface area contributed by atoms with E-state index >= 15 is 0 Å². The first kappa shape index (κ1) is 35.6. The highest BCUT2D eigenvalue weighted by molar-refractivity contribution is 6.02. The predicted octanol–water partition coefficient (Wildman–Crippen LogP) is 13.0. The minimum Gasteiger partial charge on any atom is -0.355 e. The summed E-state index contributed by atoms with van der Waals surface area (Å²) >= 11 is 0. The Kier molecular flexibility index (Phi) is 9.16. The Morgan fingerprint density at radius 3 is 1.24 bits per heavy atom. The zero-order valence-electron chi connectivity index (χ0n) is 33.2. The average molecular weight is 667 g/mol. The number of hydrogen-bond donors (Lipinski definition) is 2. The van der Waals surface area contributed by atoms with Crippen molar-refractivity contribution in [1.82, 2.24) is 19.9 Å². The van der Waals surface area contributed by atoms with E-state index in [1.165, 1.54) is 61.2 Å². The zero-order valence-corrected chi connectivity index (χ0v) is 33.2. The maximum atomic E-state index is 5.59. The van der Waals surface area contributed by atoms with Gasteiger partial charge in [-0.25, -0.2) is 9.97 Å². The first-order valence-electron chi connectivity index (χ1n) is 18.9. The van der Waals surface area contributed by atoms with E-state index in [-0.39, 0.29) is 10.8 Å². The molecule has 0 amide bonds. The molecule has 0 spiro atoms. The van der Waals surface area contributed by atoms with Crippen LogP contribution in [0.4, 0.5) is 0 Å². The molecule has 0 saturated carbocycles. The van der Waals surface area contributed by atoms with Gasteiger partial charge >= 0.3 is 0 Å².